The van der Waals surface area contributed by atoms with E-state index >= 15 is 0 Å². The lowest BCUT2D eigenvalue weighted by Gasteiger charge is -2.33. The van der Waals surface area contributed by atoms with Crippen molar-refractivity contribution in [1.82, 2.24) is 4.90 Å². The van der Waals surface area contributed by atoms with Gasteiger partial charge < -0.3 is 10.0 Å². The minimum atomic E-state index is -1.11. The Morgan fingerprint density at radius 3 is 2.45 bits per heavy atom. The highest BCUT2D eigenvalue weighted by atomic mass is 16.4. The highest BCUT2D eigenvalue weighted by Gasteiger charge is 2.27. The van der Waals surface area contributed by atoms with Crippen molar-refractivity contribution in [2.75, 3.05) is 6.54 Å². The largest absolute Gasteiger partial charge is 0.481 e. The van der Waals surface area contributed by atoms with Gasteiger partial charge in [0.15, 0.2) is 0 Å². The van der Waals surface area contributed by atoms with E-state index in [1.807, 2.05) is 33.8 Å². The van der Waals surface area contributed by atoms with Gasteiger partial charge in [-0.1, -0.05) is 45.6 Å². The van der Waals surface area contributed by atoms with Crippen LogP contribution in [-0.4, -0.2) is 28.4 Å². The summed E-state index contributed by atoms with van der Waals surface area (Å²) in [5, 5.41) is 8.79. The summed E-state index contributed by atoms with van der Waals surface area (Å²) >= 11 is 0. The molecular weight excluding hydrogens is 278 g/mol. The number of nitrogens with zero attached hydrogens (tertiary/aromatic N) is 1. The summed E-state index contributed by atoms with van der Waals surface area (Å²) in [5.41, 5.74) is 2.92. The molecule has 22 heavy (non-hydrogen) atoms. The summed E-state index contributed by atoms with van der Waals surface area (Å²) in [4.78, 5) is 24.3. The molecule has 0 aromatic carbocycles. The van der Waals surface area contributed by atoms with Gasteiger partial charge in [-0.05, 0) is 37.0 Å². The van der Waals surface area contributed by atoms with Crippen molar-refractivity contribution in [3.63, 3.8) is 0 Å². The Hall–Kier alpha value is -2.10. The molecule has 1 saturated heterocycles. The Balaban J connectivity index is 0.00000211. The summed E-state index contributed by atoms with van der Waals surface area (Å²) in [6, 6.07) is 0. The molecule has 0 aliphatic carbocycles. The van der Waals surface area contributed by atoms with E-state index in [4.69, 9.17) is 5.11 Å². The first-order valence-electron chi connectivity index (χ1n) is 7.76. The number of carbonyl (C=O) groups excluding carboxylic acids is 1. The average Bonchev–Trinajstić information content (AvgIpc) is 2.50. The minimum Gasteiger partial charge on any atom is -0.481 e. The van der Waals surface area contributed by atoms with Crippen LogP contribution in [0.4, 0.5) is 0 Å². The van der Waals surface area contributed by atoms with E-state index in [0.29, 0.717) is 6.54 Å². The lowest BCUT2D eigenvalue weighted by atomic mass is 9.92. The van der Waals surface area contributed by atoms with Crippen molar-refractivity contribution in [2.24, 2.45) is 0 Å². The van der Waals surface area contributed by atoms with E-state index < -0.39 is 12.4 Å². The molecular formula is C18H27NO3. The van der Waals surface area contributed by atoms with Crippen LogP contribution in [0.25, 0.3) is 0 Å². The monoisotopic (exact) mass is 305 g/mol. The van der Waals surface area contributed by atoms with Gasteiger partial charge in [-0.2, -0.15) is 0 Å². The molecule has 0 aromatic heterocycles. The highest BCUT2D eigenvalue weighted by Crippen LogP contribution is 2.32. The third-order valence-electron chi connectivity index (χ3n) is 3.15. The molecule has 1 N–H and O–H groups in total. The van der Waals surface area contributed by atoms with Gasteiger partial charge in [0.05, 0.1) is 5.70 Å². The Labute approximate surface area is 133 Å². The maximum atomic E-state index is 12.1. The van der Waals surface area contributed by atoms with E-state index in [-0.39, 0.29) is 5.91 Å². The molecule has 0 spiro atoms. The van der Waals surface area contributed by atoms with Crippen molar-refractivity contribution in [3.8, 4) is 0 Å². The maximum absolute atomic E-state index is 12.1. The first-order chi connectivity index (χ1) is 10.5. The van der Waals surface area contributed by atoms with Crippen LogP contribution in [0, 0.1) is 0 Å². The Morgan fingerprint density at radius 1 is 1.36 bits per heavy atom. The number of hydrogen-bond acceptors (Lipinski definition) is 2. The zero-order valence-corrected chi connectivity index (χ0v) is 14.1. The number of likely N-dealkylation sites (tertiary alicyclic amines) is 1. The van der Waals surface area contributed by atoms with Gasteiger partial charge in [-0.25, -0.2) is 0 Å². The summed E-state index contributed by atoms with van der Waals surface area (Å²) in [6.45, 7) is 12.2. The zero-order chi connectivity index (χ0) is 17.1. The van der Waals surface area contributed by atoms with Crippen LogP contribution >= 0.6 is 0 Å². The lowest BCUT2D eigenvalue weighted by Crippen LogP contribution is -2.37. The molecule has 0 radical (unpaired) electrons. The molecule has 4 nitrogen and oxygen atoms in total. The Morgan fingerprint density at radius 2 is 2.00 bits per heavy atom. The van der Waals surface area contributed by atoms with Gasteiger partial charge in [0.25, 0.3) is 0 Å². The smallest absolute Gasteiger partial charge is 0.312 e. The van der Waals surface area contributed by atoms with Gasteiger partial charge in [0, 0.05) is 6.54 Å². The predicted octanol–water partition coefficient (Wildman–Crippen LogP) is 4.07. The van der Waals surface area contributed by atoms with E-state index in [2.05, 4.69) is 12.7 Å². The van der Waals surface area contributed by atoms with E-state index in [0.717, 1.165) is 24.1 Å². The van der Waals surface area contributed by atoms with E-state index in [1.54, 1.807) is 17.1 Å². The second-order valence-electron chi connectivity index (χ2n) is 4.49. The number of hydrogen-bond donors (Lipinski definition) is 1. The Bertz CT molecular complexity index is 498. The first-order valence-corrected chi connectivity index (χ1v) is 7.76. The fraction of sp³-hybridized carbons (Fsp3) is 0.444. The molecule has 0 bridgehead atoms. The molecule has 0 atom stereocenters. The van der Waals surface area contributed by atoms with Crippen molar-refractivity contribution in [3.05, 3.63) is 47.7 Å². The minimum absolute atomic E-state index is 0.386. The molecule has 4 heteroatoms. The van der Waals surface area contributed by atoms with E-state index in [1.165, 1.54) is 5.57 Å². The zero-order valence-electron chi connectivity index (χ0n) is 14.1. The quantitative estimate of drug-likeness (QED) is 0.796. The molecule has 1 amide bonds. The molecule has 0 saturated carbocycles. The maximum Gasteiger partial charge on any atom is 0.312 e. The number of aliphatic carboxylic acids is 1. The third kappa shape index (κ3) is 5.35. The summed E-state index contributed by atoms with van der Waals surface area (Å²) in [6.07, 6.45) is 8.59. The molecule has 1 aliphatic rings. The van der Waals surface area contributed by atoms with Crippen molar-refractivity contribution in [2.45, 2.75) is 47.0 Å². The predicted molar refractivity (Wildman–Crippen MR) is 90.3 cm³/mol. The summed E-state index contributed by atoms with van der Waals surface area (Å²) < 4.78 is 0. The van der Waals surface area contributed by atoms with Crippen LogP contribution in [0.5, 0.6) is 0 Å². The van der Waals surface area contributed by atoms with Crippen LogP contribution in [0.3, 0.4) is 0 Å². The fourth-order valence-electron chi connectivity index (χ4n) is 2.31. The average molecular weight is 305 g/mol. The topological polar surface area (TPSA) is 57.6 Å². The van der Waals surface area contributed by atoms with Gasteiger partial charge in [-0.3, -0.25) is 9.59 Å². The number of carbonyl (C=O) groups is 2. The van der Waals surface area contributed by atoms with Crippen molar-refractivity contribution < 1.29 is 14.7 Å². The molecule has 1 fully saturated rings. The number of piperidine rings is 1. The number of amides is 1. The normalized spacial score (nSPS) is 19.8. The number of carboxylic acid groups (broad SMARTS) is 1. The van der Waals surface area contributed by atoms with Crippen LogP contribution in [0.2, 0.25) is 0 Å². The summed E-state index contributed by atoms with van der Waals surface area (Å²) in [7, 11) is 0. The van der Waals surface area contributed by atoms with Crippen molar-refractivity contribution >= 4 is 11.9 Å². The molecule has 1 heterocycles. The number of carboxylic acids is 1. The lowest BCUT2D eigenvalue weighted by molar-refractivity contribution is -0.143. The highest BCUT2D eigenvalue weighted by molar-refractivity contribution is 5.95. The molecule has 1 rings (SSSR count). The van der Waals surface area contributed by atoms with Gasteiger partial charge in [-0.15, -0.1) is 0 Å². The molecule has 122 valence electrons. The molecule has 0 aromatic rings. The second kappa shape index (κ2) is 10.6. The van der Waals surface area contributed by atoms with Crippen molar-refractivity contribution in [1.29, 1.82) is 0 Å². The van der Waals surface area contributed by atoms with Crippen LogP contribution in [0.1, 0.15) is 47.0 Å². The van der Waals surface area contributed by atoms with Gasteiger partial charge in [0.2, 0.25) is 5.91 Å². The first kappa shape index (κ1) is 19.9. The van der Waals surface area contributed by atoms with Crippen LogP contribution in [-0.2, 0) is 9.59 Å². The molecule has 0 unspecified atom stereocenters. The second-order valence-corrected chi connectivity index (χ2v) is 4.49. The fourth-order valence-corrected chi connectivity index (χ4v) is 2.31. The SMILES string of the molecule is C=C/C=C1C(=C/CC)/C(=C\C)CCN/1C(=O)CC(=O)O.CC. The van der Waals surface area contributed by atoms with E-state index in [9.17, 15) is 9.59 Å². The van der Waals surface area contributed by atoms with Gasteiger partial charge in [0.1, 0.15) is 6.42 Å². The van der Waals surface area contributed by atoms with Crippen LogP contribution in [0.15, 0.2) is 47.7 Å². The molecule has 1 aliphatic heterocycles. The number of rotatable bonds is 4. The summed E-state index contributed by atoms with van der Waals surface area (Å²) in [5.74, 6) is -1.49. The third-order valence-corrected chi connectivity index (χ3v) is 3.15. The standard InChI is InChI=1S/C16H21NO3.C2H6/c1-4-7-13-12(6-3)9-10-17(14(13)8-5-2)15(18)11-16(19)20;1-2/h5-8H,2,4,9-11H2,1,3H3,(H,19,20);1-2H3/b12-6-,13-7+,14-8-;. The number of allylic oxidation sites excluding steroid dienone is 5. The Kier molecular flexibility index (Phi) is 9.59. The van der Waals surface area contributed by atoms with Crippen LogP contribution < -0.4 is 0 Å². The van der Waals surface area contributed by atoms with Gasteiger partial charge >= 0.3 is 5.97 Å².